The molecule has 3 aliphatic rings. The maximum absolute atomic E-state index is 13.6. The molecule has 2 N–H and O–H groups in total. The smallest absolute Gasteiger partial charge is 0.310 e. The highest BCUT2D eigenvalue weighted by molar-refractivity contribution is 9.09. The Bertz CT molecular complexity index is 685. The molecule has 9 heteroatoms. The van der Waals surface area contributed by atoms with Crippen LogP contribution in [0, 0.1) is 11.8 Å². The van der Waals surface area contributed by atoms with Crippen LogP contribution in [0.4, 0.5) is 0 Å². The highest BCUT2D eigenvalue weighted by Crippen LogP contribution is 2.60. The number of amides is 2. The highest BCUT2D eigenvalue weighted by atomic mass is 79.9. The van der Waals surface area contributed by atoms with Gasteiger partial charge in [-0.15, -0.1) is 6.58 Å². The van der Waals surface area contributed by atoms with Gasteiger partial charge in [-0.25, -0.2) is 0 Å². The number of aliphatic carboxylic acids is 1. The van der Waals surface area contributed by atoms with Crippen molar-refractivity contribution in [3.8, 4) is 0 Å². The zero-order valence-corrected chi connectivity index (χ0v) is 17.7. The standard InChI is InChI=1S/C19H27BrN2O6/c1-4-6-21(10(2)3)17(25)15-19-9-11(20)14(28-19)12(18(26)27)13(19)16(24)22(15)7-5-8-23/h4,10-15,23H,1,5-9H2,2-3H3,(H,26,27)/t11?,12-,13+,14-,15-,19+/m0/s1. The molecule has 6 atom stereocenters. The molecule has 0 radical (unpaired) electrons. The van der Waals surface area contributed by atoms with E-state index in [1.807, 2.05) is 13.8 Å². The van der Waals surface area contributed by atoms with Crippen molar-refractivity contribution in [3.63, 3.8) is 0 Å². The van der Waals surface area contributed by atoms with Gasteiger partial charge in [-0.1, -0.05) is 22.0 Å². The second kappa shape index (κ2) is 7.76. The fourth-order valence-electron chi connectivity index (χ4n) is 5.02. The van der Waals surface area contributed by atoms with Crippen molar-refractivity contribution in [2.45, 2.75) is 55.3 Å². The number of carboxylic acid groups (broad SMARTS) is 1. The molecule has 3 aliphatic heterocycles. The maximum Gasteiger partial charge on any atom is 0.310 e. The van der Waals surface area contributed by atoms with Gasteiger partial charge in [-0.3, -0.25) is 14.4 Å². The summed E-state index contributed by atoms with van der Waals surface area (Å²) in [6.45, 7) is 7.84. The lowest BCUT2D eigenvalue weighted by Gasteiger charge is -2.38. The van der Waals surface area contributed by atoms with E-state index in [-0.39, 0.29) is 35.8 Å². The molecule has 3 fully saturated rings. The molecule has 28 heavy (non-hydrogen) atoms. The fraction of sp³-hybridized carbons (Fsp3) is 0.737. The van der Waals surface area contributed by atoms with Crippen LogP contribution in [0.25, 0.3) is 0 Å². The van der Waals surface area contributed by atoms with Crippen LogP contribution in [0.1, 0.15) is 26.7 Å². The van der Waals surface area contributed by atoms with Crippen molar-refractivity contribution in [2.24, 2.45) is 11.8 Å². The first-order valence-corrected chi connectivity index (χ1v) is 10.5. The minimum atomic E-state index is -1.17. The third-order valence-corrected chi connectivity index (χ3v) is 6.94. The van der Waals surface area contributed by atoms with E-state index in [0.717, 1.165) is 0 Å². The summed E-state index contributed by atoms with van der Waals surface area (Å²) in [6, 6.07) is -1.03. The number of hydrogen-bond donors (Lipinski definition) is 2. The molecule has 1 unspecified atom stereocenters. The van der Waals surface area contributed by atoms with Crippen LogP contribution in [0.3, 0.4) is 0 Å². The second-order valence-electron chi connectivity index (χ2n) is 7.98. The molecule has 8 nitrogen and oxygen atoms in total. The van der Waals surface area contributed by atoms with Crippen molar-refractivity contribution >= 4 is 33.7 Å². The lowest BCUT2D eigenvalue weighted by Crippen LogP contribution is -2.58. The predicted octanol–water partition coefficient (Wildman–Crippen LogP) is 0.624. The number of halogens is 1. The normalized spacial score (nSPS) is 36.1. The molecule has 3 rings (SSSR count). The Balaban J connectivity index is 2.06. The number of fused-ring (bicyclic) bond motifs is 1. The van der Waals surface area contributed by atoms with Gasteiger partial charge in [-0.2, -0.15) is 0 Å². The number of hydrogen-bond acceptors (Lipinski definition) is 5. The minimum absolute atomic E-state index is 0.121. The lowest BCUT2D eigenvalue weighted by molar-refractivity contribution is -0.151. The average Bonchev–Trinajstić information content (AvgIpc) is 3.20. The van der Waals surface area contributed by atoms with Crippen molar-refractivity contribution < 1.29 is 29.3 Å². The zero-order chi connectivity index (χ0) is 20.8. The molecule has 3 heterocycles. The number of rotatable bonds is 8. The summed E-state index contributed by atoms with van der Waals surface area (Å²) in [7, 11) is 0. The van der Waals surface area contributed by atoms with Crippen molar-refractivity contribution in [2.75, 3.05) is 19.7 Å². The number of carboxylic acids is 1. The number of aliphatic hydroxyl groups excluding tert-OH is 1. The van der Waals surface area contributed by atoms with Crippen LogP contribution < -0.4 is 0 Å². The van der Waals surface area contributed by atoms with Gasteiger partial charge in [-0.05, 0) is 26.7 Å². The number of carbonyl (C=O) groups excluding carboxylic acids is 2. The van der Waals surface area contributed by atoms with Gasteiger partial charge in [0.15, 0.2) is 0 Å². The van der Waals surface area contributed by atoms with Gasteiger partial charge >= 0.3 is 5.97 Å². The molecule has 2 amide bonds. The van der Waals surface area contributed by atoms with Gasteiger partial charge in [0, 0.05) is 30.6 Å². The van der Waals surface area contributed by atoms with Gasteiger partial charge in [0.2, 0.25) is 11.8 Å². The van der Waals surface area contributed by atoms with E-state index in [4.69, 9.17) is 4.74 Å². The summed E-state index contributed by atoms with van der Waals surface area (Å²) >= 11 is 3.50. The molecule has 2 bridgehead atoms. The summed E-state index contributed by atoms with van der Waals surface area (Å²) in [6.07, 6.45) is 1.68. The number of aliphatic hydroxyl groups is 1. The Morgan fingerprint density at radius 2 is 2.18 bits per heavy atom. The highest BCUT2D eigenvalue weighted by Gasteiger charge is 2.76. The summed E-state index contributed by atoms with van der Waals surface area (Å²) in [5.74, 6) is -3.61. The number of alkyl halides is 1. The molecule has 0 aromatic heterocycles. The number of ether oxygens (including phenoxy) is 1. The SMILES string of the molecule is C=CCN(C(=O)[C@@H]1N(CCCO)C(=O)[C@H]2[C@H](C(=O)O)[C@H]3O[C@@]12CC3Br)C(C)C. The Morgan fingerprint density at radius 1 is 1.50 bits per heavy atom. The molecule has 0 aromatic rings. The first-order valence-electron chi connectivity index (χ1n) is 9.58. The van der Waals surface area contributed by atoms with Crippen LogP contribution in [-0.2, 0) is 19.1 Å². The van der Waals surface area contributed by atoms with Gasteiger partial charge < -0.3 is 24.7 Å². The lowest BCUT2D eigenvalue weighted by atomic mass is 9.70. The predicted molar refractivity (Wildman–Crippen MR) is 104 cm³/mol. The topological polar surface area (TPSA) is 107 Å². The van der Waals surface area contributed by atoms with Gasteiger partial charge in [0.25, 0.3) is 0 Å². The van der Waals surface area contributed by atoms with E-state index in [2.05, 4.69) is 22.5 Å². The third kappa shape index (κ3) is 2.98. The summed E-state index contributed by atoms with van der Waals surface area (Å²) < 4.78 is 6.17. The number of likely N-dealkylation sites (tertiary alicyclic amines) is 1. The van der Waals surface area contributed by atoms with Crippen molar-refractivity contribution in [1.82, 2.24) is 9.80 Å². The minimum Gasteiger partial charge on any atom is -0.481 e. The van der Waals surface area contributed by atoms with Gasteiger partial charge in [0.1, 0.15) is 11.6 Å². The van der Waals surface area contributed by atoms with Crippen LogP contribution in [0.15, 0.2) is 12.7 Å². The number of carbonyl (C=O) groups is 3. The third-order valence-electron chi connectivity index (χ3n) is 6.10. The Labute approximate surface area is 172 Å². The van der Waals surface area contributed by atoms with Crippen LogP contribution >= 0.6 is 15.9 Å². The zero-order valence-electron chi connectivity index (χ0n) is 16.1. The molecule has 156 valence electrons. The van der Waals surface area contributed by atoms with E-state index in [0.29, 0.717) is 19.4 Å². The Kier molecular flexibility index (Phi) is 5.89. The number of nitrogens with zero attached hydrogens (tertiary/aromatic N) is 2. The summed E-state index contributed by atoms with van der Waals surface area (Å²) in [5, 5.41) is 19.0. The van der Waals surface area contributed by atoms with Crippen LogP contribution in [0.2, 0.25) is 0 Å². The first-order chi connectivity index (χ1) is 13.2. The maximum atomic E-state index is 13.6. The largest absolute Gasteiger partial charge is 0.481 e. The molecule has 3 saturated heterocycles. The molecule has 1 spiro atoms. The van der Waals surface area contributed by atoms with E-state index < -0.39 is 35.6 Å². The van der Waals surface area contributed by atoms with E-state index in [1.165, 1.54) is 4.90 Å². The molecular weight excluding hydrogens is 432 g/mol. The van der Waals surface area contributed by atoms with Gasteiger partial charge in [0.05, 0.1) is 17.9 Å². The fourth-order valence-corrected chi connectivity index (χ4v) is 5.97. The summed E-state index contributed by atoms with van der Waals surface area (Å²) in [5.41, 5.74) is -1.17. The molecule has 0 saturated carbocycles. The van der Waals surface area contributed by atoms with Crippen molar-refractivity contribution in [1.29, 1.82) is 0 Å². The Hall–Kier alpha value is -1.45. The van der Waals surface area contributed by atoms with Crippen molar-refractivity contribution in [3.05, 3.63) is 12.7 Å². The Morgan fingerprint density at radius 3 is 2.71 bits per heavy atom. The summed E-state index contributed by atoms with van der Waals surface area (Å²) in [4.78, 5) is 41.6. The monoisotopic (exact) mass is 458 g/mol. The van der Waals surface area contributed by atoms with Crippen LogP contribution in [0.5, 0.6) is 0 Å². The molecule has 0 aliphatic carbocycles. The quantitative estimate of drug-likeness (QED) is 0.407. The van der Waals surface area contributed by atoms with E-state index >= 15 is 0 Å². The first kappa shape index (κ1) is 21.3. The van der Waals surface area contributed by atoms with E-state index in [9.17, 15) is 24.6 Å². The average molecular weight is 459 g/mol. The van der Waals surface area contributed by atoms with E-state index in [1.54, 1.807) is 11.0 Å². The molecular formula is C19H27BrN2O6. The molecule has 0 aromatic carbocycles. The van der Waals surface area contributed by atoms with Crippen LogP contribution in [-0.4, -0.2) is 86.1 Å². The second-order valence-corrected chi connectivity index (χ2v) is 9.16.